The van der Waals surface area contributed by atoms with Crippen molar-refractivity contribution in [3.63, 3.8) is 0 Å². The molecule has 2 unspecified atom stereocenters. The van der Waals surface area contributed by atoms with Crippen LogP contribution in [0.5, 0.6) is 0 Å². The Balaban J connectivity index is 1.67. The lowest BCUT2D eigenvalue weighted by molar-refractivity contribution is 0.0153. The molecule has 0 spiro atoms. The van der Waals surface area contributed by atoms with Crippen LogP contribution in [-0.2, 0) is 11.2 Å². The quantitative estimate of drug-likeness (QED) is 0.924. The fourth-order valence-corrected chi connectivity index (χ4v) is 2.45. The molecule has 5 nitrogen and oxygen atoms in total. The Kier molecular flexibility index (Phi) is 4.08. The first-order valence-corrected chi connectivity index (χ1v) is 7.07. The minimum absolute atomic E-state index is 0.210. The van der Waals surface area contributed by atoms with Gasteiger partial charge in [-0.05, 0) is 24.8 Å². The second kappa shape index (κ2) is 6.15. The largest absolute Gasteiger partial charge is 0.378 e. The van der Waals surface area contributed by atoms with E-state index in [1.807, 2.05) is 30.3 Å². The topological polar surface area (TPSA) is 74.2 Å². The maximum Gasteiger partial charge on any atom is 0.248 e. The van der Waals surface area contributed by atoms with E-state index in [9.17, 15) is 0 Å². The molecule has 0 saturated carbocycles. The number of ether oxygens (including phenoxy) is 1. The predicted molar refractivity (Wildman–Crippen MR) is 74.1 cm³/mol. The van der Waals surface area contributed by atoms with E-state index in [-0.39, 0.29) is 12.1 Å². The third kappa shape index (κ3) is 3.05. The third-order valence-corrected chi connectivity index (χ3v) is 3.59. The van der Waals surface area contributed by atoms with Crippen molar-refractivity contribution < 1.29 is 9.26 Å². The van der Waals surface area contributed by atoms with Gasteiger partial charge in [0.15, 0.2) is 5.82 Å². The van der Waals surface area contributed by atoms with Crippen LogP contribution in [0.3, 0.4) is 0 Å². The molecule has 0 amide bonds. The van der Waals surface area contributed by atoms with Gasteiger partial charge in [0.1, 0.15) is 6.04 Å². The average molecular weight is 273 g/mol. The Bertz CT molecular complexity index is 535. The third-order valence-electron chi connectivity index (χ3n) is 3.59. The molecule has 2 N–H and O–H groups in total. The van der Waals surface area contributed by atoms with E-state index in [4.69, 9.17) is 15.0 Å². The molecule has 5 heteroatoms. The van der Waals surface area contributed by atoms with Crippen molar-refractivity contribution in [1.29, 1.82) is 0 Å². The predicted octanol–water partition coefficient (Wildman–Crippen LogP) is 2.23. The van der Waals surface area contributed by atoms with Gasteiger partial charge in [0.05, 0.1) is 6.10 Å². The summed E-state index contributed by atoms with van der Waals surface area (Å²) in [4.78, 5) is 4.40. The molecule has 3 rings (SSSR count). The van der Waals surface area contributed by atoms with Gasteiger partial charge in [0, 0.05) is 13.0 Å². The Morgan fingerprint density at radius 1 is 1.25 bits per heavy atom. The van der Waals surface area contributed by atoms with E-state index in [1.165, 1.54) is 6.42 Å². The summed E-state index contributed by atoms with van der Waals surface area (Å²) in [6, 6.07) is 9.39. The number of benzene rings is 1. The lowest BCUT2D eigenvalue weighted by atomic mass is 10.1. The fraction of sp³-hybridized carbons (Fsp3) is 0.467. The van der Waals surface area contributed by atoms with E-state index >= 15 is 0 Å². The Morgan fingerprint density at radius 2 is 2.10 bits per heavy atom. The number of hydrogen-bond acceptors (Lipinski definition) is 5. The zero-order valence-electron chi connectivity index (χ0n) is 11.4. The summed E-state index contributed by atoms with van der Waals surface area (Å²) >= 11 is 0. The van der Waals surface area contributed by atoms with Crippen LogP contribution in [-0.4, -0.2) is 22.9 Å². The number of nitrogens with zero attached hydrogens (tertiary/aromatic N) is 2. The molecule has 1 aliphatic rings. The molecule has 2 atom stereocenters. The Labute approximate surface area is 118 Å². The lowest BCUT2D eigenvalue weighted by Crippen LogP contribution is -2.22. The number of nitrogens with two attached hydrogens (primary N) is 1. The van der Waals surface area contributed by atoms with Gasteiger partial charge in [-0.2, -0.15) is 4.98 Å². The van der Waals surface area contributed by atoms with Crippen molar-refractivity contribution in [2.75, 3.05) is 6.61 Å². The van der Waals surface area contributed by atoms with Gasteiger partial charge in [-0.15, -0.1) is 0 Å². The summed E-state index contributed by atoms with van der Waals surface area (Å²) < 4.78 is 11.0. The van der Waals surface area contributed by atoms with Gasteiger partial charge >= 0.3 is 0 Å². The van der Waals surface area contributed by atoms with E-state index < -0.39 is 0 Å². The lowest BCUT2D eigenvalue weighted by Gasteiger charge is -2.20. The normalized spacial score (nSPS) is 20.8. The Hall–Kier alpha value is -1.72. The number of rotatable bonds is 4. The highest BCUT2D eigenvalue weighted by Gasteiger charge is 2.20. The summed E-state index contributed by atoms with van der Waals surface area (Å²) in [5.41, 5.74) is 7.10. The molecule has 1 saturated heterocycles. The van der Waals surface area contributed by atoms with Gasteiger partial charge < -0.3 is 15.0 Å². The summed E-state index contributed by atoms with van der Waals surface area (Å²) in [5, 5.41) is 4.01. The first kappa shape index (κ1) is 13.3. The van der Waals surface area contributed by atoms with Crippen LogP contribution in [0.2, 0.25) is 0 Å². The van der Waals surface area contributed by atoms with E-state index in [0.29, 0.717) is 18.1 Å². The minimum atomic E-state index is -0.371. The van der Waals surface area contributed by atoms with Crippen LogP contribution in [0.4, 0.5) is 0 Å². The van der Waals surface area contributed by atoms with Crippen molar-refractivity contribution in [1.82, 2.24) is 10.1 Å². The van der Waals surface area contributed by atoms with E-state index in [1.54, 1.807) is 0 Å². The second-order valence-corrected chi connectivity index (χ2v) is 5.13. The summed E-state index contributed by atoms with van der Waals surface area (Å²) in [6.07, 6.45) is 4.33. The molecule has 1 aromatic carbocycles. The van der Waals surface area contributed by atoms with Gasteiger partial charge in [-0.3, -0.25) is 0 Å². The molecule has 20 heavy (non-hydrogen) atoms. The zero-order chi connectivity index (χ0) is 13.8. The summed E-state index contributed by atoms with van der Waals surface area (Å²) in [6.45, 7) is 0.832. The molecule has 2 aromatic rings. The van der Waals surface area contributed by atoms with Crippen LogP contribution in [0.25, 0.3) is 0 Å². The van der Waals surface area contributed by atoms with Crippen molar-refractivity contribution >= 4 is 0 Å². The standard InChI is InChI=1S/C15H19N3O2/c16-14(11-6-2-1-3-7-11)15-17-13(18-20-15)10-12-8-4-5-9-19-12/h1-3,6-7,12,14H,4-5,8-10,16H2. The molecule has 0 radical (unpaired) electrons. The molecular formula is C15H19N3O2. The van der Waals surface area contributed by atoms with Gasteiger partial charge in [0.25, 0.3) is 0 Å². The van der Waals surface area contributed by atoms with Crippen molar-refractivity contribution in [3.8, 4) is 0 Å². The zero-order valence-corrected chi connectivity index (χ0v) is 11.4. The van der Waals surface area contributed by atoms with Gasteiger partial charge in [0.2, 0.25) is 5.89 Å². The fourth-order valence-electron chi connectivity index (χ4n) is 2.45. The SMILES string of the molecule is NC(c1ccccc1)c1nc(CC2CCCCO2)no1. The monoisotopic (exact) mass is 273 g/mol. The van der Waals surface area contributed by atoms with Crippen molar-refractivity contribution in [2.45, 2.75) is 37.8 Å². The molecule has 0 aliphatic carbocycles. The smallest absolute Gasteiger partial charge is 0.248 e. The summed E-state index contributed by atoms with van der Waals surface area (Å²) in [5.74, 6) is 1.14. The van der Waals surface area contributed by atoms with Crippen LogP contribution >= 0.6 is 0 Å². The van der Waals surface area contributed by atoms with Crippen molar-refractivity contribution in [3.05, 3.63) is 47.6 Å². The van der Waals surface area contributed by atoms with Crippen LogP contribution < -0.4 is 5.73 Å². The average Bonchev–Trinajstić information content (AvgIpc) is 2.97. The van der Waals surface area contributed by atoms with E-state index in [2.05, 4.69) is 10.1 Å². The molecule has 1 aromatic heterocycles. The minimum Gasteiger partial charge on any atom is -0.378 e. The molecular weight excluding hydrogens is 254 g/mol. The van der Waals surface area contributed by atoms with E-state index in [0.717, 1.165) is 25.0 Å². The first-order chi connectivity index (χ1) is 9.83. The highest BCUT2D eigenvalue weighted by atomic mass is 16.5. The van der Waals surface area contributed by atoms with Gasteiger partial charge in [-0.25, -0.2) is 0 Å². The molecule has 1 fully saturated rings. The maximum absolute atomic E-state index is 6.14. The van der Waals surface area contributed by atoms with Crippen LogP contribution in [0.1, 0.15) is 42.6 Å². The summed E-state index contributed by atoms with van der Waals surface area (Å²) in [7, 11) is 0. The van der Waals surface area contributed by atoms with Crippen LogP contribution in [0.15, 0.2) is 34.9 Å². The first-order valence-electron chi connectivity index (χ1n) is 7.07. The molecule has 106 valence electrons. The molecule has 0 bridgehead atoms. The number of aromatic nitrogens is 2. The maximum atomic E-state index is 6.14. The van der Waals surface area contributed by atoms with Crippen molar-refractivity contribution in [2.24, 2.45) is 5.73 Å². The molecule has 1 aliphatic heterocycles. The molecule has 2 heterocycles. The van der Waals surface area contributed by atoms with Gasteiger partial charge in [-0.1, -0.05) is 35.5 Å². The highest BCUT2D eigenvalue weighted by molar-refractivity contribution is 5.22. The second-order valence-electron chi connectivity index (χ2n) is 5.13. The Morgan fingerprint density at radius 3 is 2.85 bits per heavy atom. The van der Waals surface area contributed by atoms with Crippen LogP contribution in [0, 0.1) is 0 Å². The highest BCUT2D eigenvalue weighted by Crippen LogP contribution is 2.20. The number of hydrogen-bond donors (Lipinski definition) is 1.